The summed E-state index contributed by atoms with van der Waals surface area (Å²) in [6, 6.07) is 3.32. The first-order valence-electron chi connectivity index (χ1n) is 4.59. The number of aromatic hydroxyl groups is 1. The normalized spacial score (nSPS) is 10.1. The number of Topliss-reactive ketones (excluding diaryl/α,β-unsaturated/α-hetero) is 1. The molecule has 1 aromatic rings. The Morgan fingerprint density at radius 2 is 2.20 bits per heavy atom. The van der Waals surface area contributed by atoms with Gasteiger partial charge in [0.25, 0.3) is 0 Å². The summed E-state index contributed by atoms with van der Waals surface area (Å²) in [7, 11) is 1.50. The largest absolute Gasteiger partial charge is 0.504 e. The molecule has 82 valence electrons. The number of halogens is 1. The molecule has 0 fully saturated rings. The number of carbonyl (C=O) groups is 1. The van der Waals surface area contributed by atoms with E-state index in [0.717, 1.165) is 10.0 Å². The van der Waals surface area contributed by atoms with Crippen LogP contribution in [0.2, 0.25) is 0 Å². The van der Waals surface area contributed by atoms with Gasteiger partial charge in [-0.3, -0.25) is 0 Å². The SMILES string of the molecule is COc1cc(Br)c(CCC(C)=O)cc1O. The fourth-order valence-electron chi connectivity index (χ4n) is 1.25. The lowest BCUT2D eigenvalue weighted by atomic mass is 10.1. The van der Waals surface area contributed by atoms with Gasteiger partial charge in [0.15, 0.2) is 11.5 Å². The minimum Gasteiger partial charge on any atom is -0.504 e. The summed E-state index contributed by atoms with van der Waals surface area (Å²) >= 11 is 3.37. The Labute approximate surface area is 97.2 Å². The molecule has 0 spiro atoms. The van der Waals surface area contributed by atoms with E-state index in [0.29, 0.717) is 18.6 Å². The zero-order valence-corrected chi connectivity index (χ0v) is 10.3. The lowest BCUT2D eigenvalue weighted by molar-refractivity contribution is -0.116. The van der Waals surface area contributed by atoms with E-state index in [1.54, 1.807) is 19.1 Å². The Kier molecular flexibility index (Phi) is 4.15. The number of aryl methyl sites for hydroxylation is 1. The van der Waals surface area contributed by atoms with Gasteiger partial charge in [0.1, 0.15) is 5.78 Å². The maximum absolute atomic E-state index is 10.8. The molecule has 0 heterocycles. The minimum atomic E-state index is 0.0965. The van der Waals surface area contributed by atoms with Gasteiger partial charge in [-0.25, -0.2) is 0 Å². The van der Waals surface area contributed by atoms with E-state index in [2.05, 4.69) is 15.9 Å². The van der Waals surface area contributed by atoms with Crippen LogP contribution >= 0.6 is 15.9 Å². The van der Waals surface area contributed by atoms with Crippen LogP contribution in [-0.4, -0.2) is 18.0 Å². The number of rotatable bonds is 4. The van der Waals surface area contributed by atoms with E-state index < -0.39 is 0 Å². The van der Waals surface area contributed by atoms with Crippen molar-refractivity contribution in [3.8, 4) is 11.5 Å². The smallest absolute Gasteiger partial charge is 0.161 e. The standard InChI is InChI=1S/C11H13BrO3/c1-7(13)3-4-8-5-10(14)11(15-2)6-9(8)12/h5-6,14H,3-4H2,1-2H3. The average molecular weight is 273 g/mol. The molecule has 3 nitrogen and oxygen atoms in total. The van der Waals surface area contributed by atoms with Gasteiger partial charge < -0.3 is 14.6 Å². The summed E-state index contributed by atoms with van der Waals surface area (Å²) in [5, 5.41) is 9.55. The maximum atomic E-state index is 10.8. The van der Waals surface area contributed by atoms with Crippen LogP contribution in [0.25, 0.3) is 0 Å². The molecular formula is C11H13BrO3. The first-order valence-corrected chi connectivity index (χ1v) is 5.38. The van der Waals surface area contributed by atoms with E-state index >= 15 is 0 Å². The number of ether oxygens (including phenoxy) is 1. The van der Waals surface area contributed by atoms with Crippen molar-refractivity contribution in [1.29, 1.82) is 0 Å². The van der Waals surface area contributed by atoms with Gasteiger partial charge in [-0.15, -0.1) is 0 Å². The monoisotopic (exact) mass is 272 g/mol. The van der Waals surface area contributed by atoms with Crippen LogP contribution in [0.15, 0.2) is 16.6 Å². The van der Waals surface area contributed by atoms with Gasteiger partial charge in [-0.2, -0.15) is 0 Å². The first-order chi connectivity index (χ1) is 7.04. The van der Waals surface area contributed by atoms with Crippen LogP contribution in [-0.2, 0) is 11.2 Å². The number of hydrogen-bond acceptors (Lipinski definition) is 3. The van der Waals surface area contributed by atoms with Crippen LogP contribution in [0.1, 0.15) is 18.9 Å². The zero-order valence-electron chi connectivity index (χ0n) is 8.71. The molecule has 0 bridgehead atoms. The molecule has 15 heavy (non-hydrogen) atoms. The number of ketones is 1. The second-order valence-corrected chi connectivity index (χ2v) is 4.17. The number of phenolic OH excluding ortho intramolecular Hbond substituents is 1. The topological polar surface area (TPSA) is 46.5 Å². The Hall–Kier alpha value is -1.03. The molecule has 0 aliphatic rings. The zero-order chi connectivity index (χ0) is 11.4. The highest BCUT2D eigenvalue weighted by Gasteiger charge is 2.08. The minimum absolute atomic E-state index is 0.0965. The fourth-order valence-corrected chi connectivity index (χ4v) is 1.77. The predicted molar refractivity (Wildman–Crippen MR) is 61.4 cm³/mol. The van der Waals surface area contributed by atoms with Crippen molar-refractivity contribution in [2.45, 2.75) is 19.8 Å². The van der Waals surface area contributed by atoms with Gasteiger partial charge in [0.2, 0.25) is 0 Å². The molecule has 0 amide bonds. The number of hydrogen-bond donors (Lipinski definition) is 1. The van der Waals surface area contributed by atoms with Gasteiger partial charge in [0, 0.05) is 10.9 Å². The summed E-state index contributed by atoms with van der Waals surface area (Å²) in [5.74, 6) is 0.657. The van der Waals surface area contributed by atoms with Crippen molar-refractivity contribution in [3.05, 3.63) is 22.2 Å². The van der Waals surface area contributed by atoms with Crippen molar-refractivity contribution < 1.29 is 14.6 Å². The van der Waals surface area contributed by atoms with E-state index in [-0.39, 0.29) is 11.5 Å². The molecule has 0 atom stereocenters. The summed E-state index contributed by atoms with van der Waals surface area (Å²) in [6.07, 6.45) is 1.10. The van der Waals surface area contributed by atoms with Gasteiger partial charge in [0.05, 0.1) is 7.11 Å². The van der Waals surface area contributed by atoms with Crippen LogP contribution in [0, 0.1) is 0 Å². The van der Waals surface area contributed by atoms with Crippen molar-refractivity contribution in [1.82, 2.24) is 0 Å². The third-order valence-corrected chi connectivity index (χ3v) is 2.83. The van der Waals surface area contributed by atoms with Crippen molar-refractivity contribution in [2.75, 3.05) is 7.11 Å². The lowest BCUT2D eigenvalue weighted by Gasteiger charge is -2.08. The van der Waals surface area contributed by atoms with Crippen molar-refractivity contribution in [3.63, 3.8) is 0 Å². The number of carbonyl (C=O) groups excluding carboxylic acids is 1. The van der Waals surface area contributed by atoms with Gasteiger partial charge >= 0.3 is 0 Å². The molecule has 1 rings (SSSR count). The highest BCUT2D eigenvalue weighted by Crippen LogP contribution is 2.32. The third-order valence-electron chi connectivity index (χ3n) is 2.09. The molecule has 0 aliphatic heterocycles. The summed E-state index contributed by atoms with van der Waals surface area (Å²) < 4.78 is 5.81. The van der Waals surface area contributed by atoms with Crippen LogP contribution in [0.3, 0.4) is 0 Å². The van der Waals surface area contributed by atoms with Crippen LogP contribution < -0.4 is 4.74 Å². The molecule has 0 aliphatic carbocycles. The Morgan fingerprint density at radius 1 is 1.53 bits per heavy atom. The molecule has 0 radical (unpaired) electrons. The van der Waals surface area contributed by atoms with Crippen molar-refractivity contribution in [2.24, 2.45) is 0 Å². The summed E-state index contributed by atoms with van der Waals surface area (Å²) in [6.45, 7) is 1.55. The average Bonchev–Trinajstić information content (AvgIpc) is 2.18. The molecule has 0 saturated carbocycles. The van der Waals surface area contributed by atoms with Crippen LogP contribution in [0.4, 0.5) is 0 Å². The van der Waals surface area contributed by atoms with Gasteiger partial charge in [-0.1, -0.05) is 15.9 Å². The van der Waals surface area contributed by atoms with Crippen molar-refractivity contribution >= 4 is 21.7 Å². The Morgan fingerprint density at radius 3 is 2.73 bits per heavy atom. The van der Waals surface area contributed by atoms with Crippen LogP contribution in [0.5, 0.6) is 11.5 Å². The molecular weight excluding hydrogens is 260 g/mol. The number of benzene rings is 1. The summed E-state index contributed by atoms with van der Waals surface area (Å²) in [4.78, 5) is 10.8. The van der Waals surface area contributed by atoms with E-state index in [1.807, 2.05) is 0 Å². The number of methoxy groups -OCH3 is 1. The molecule has 1 N–H and O–H groups in total. The fraction of sp³-hybridized carbons (Fsp3) is 0.364. The maximum Gasteiger partial charge on any atom is 0.161 e. The Balaban J connectivity index is 2.90. The van der Waals surface area contributed by atoms with E-state index in [9.17, 15) is 9.90 Å². The summed E-state index contributed by atoms with van der Waals surface area (Å²) in [5.41, 5.74) is 0.906. The molecule has 4 heteroatoms. The predicted octanol–water partition coefficient (Wildman–Crippen LogP) is 2.68. The number of phenols is 1. The second kappa shape index (κ2) is 5.16. The lowest BCUT2D eigenvalue weighted by Crippen LogP contribution is -1.95. The molecule has 0 saturated heterocycles. The van der Waals surface area contributed by atoms with E-state index in [4.69, 9.17) is 4.74 Å². The first kappa shape index (κ1) is 12.0. The second-order valence-electron chi connectivity index (χ2n) is 3.32. The Bertz CT molecular complexity index is 374. The highest BCUT2D eigenvalue weighted by molar-refractivity contribution is 9.10. The van der Waals surface area contributed by atoms with E-state index in [1.165, 1.54) is 7.11 Å². The van der Waals surface area contributed by atoms with Gasteiger partial charge in [-0.05, 0) is 31.0 Å². The molecule has 0 unspecified atom stereocenters. The molecule has 1 aromatic carbocycles. The quantitative estimate of drug-likeness (QED) is 0.917. The third kappa shape index (κ3) is 3.23. The highest BCUT2D eigenvalue weighted by atomic mass is 79.9. The molecule has 0 aromatic heterocycles.